The van der Waals surface area contributed by atoms with Gasteiger partial charge < -0.3 is 23.8 Å². The first-order valence-corrected chi connectivity index (χ1v) is 12.5. The molecule has 0 spiro atoms. The van der Waals surface area contributed by atoms with Gasteiger partial charge >= 0.3 is 0 Å². The van der Waals surface area contributed by atoms with Crippen molar-refractivity contribution < 1.29 is 28.5 Å². The van der Waals surface area contributed by atoms with E-state index in [4.69, 9.17) is 18.9 Å². The predicted molar refractivity (Wildman–Crippen MR) is 132 cm³/mol. The van der Waals surface area contributed by atoms with Crippen molar-refractivity contribution in [1.82, 2.24) is 9.80 Å². The minimum atomic E-state index is -0.685. The SMILES string of the molecule is CC[C@H]1c2c3c(c(C)c(OC)c2C(=O)C2C4c5c(cc(C)c(OC)c5C)C[C@@H](C(=O)N21)N4C)OCO3. The Bertz CT molecular complexity index is 1330. The van der Waals surface area contributed by atoms with Crippen LogP contribution in [0.5, 0.6) is 23.0 Å². The van der Waals surface area contributed by atoms with E-state index in [0.29, 0.717) is 41.2 Å². The van der Waals surface area contributed by atoms with Crippen molar-refractivity contribution in [2.75, 3.05) is 28.1 Å². The topological polar surface area (TPSA) is 77.5 Å². The van der Waals surface area contributed by atoms with Crippen LogP contribution >= 0.6 is 0 Å². The van der Waals surface area contributed by atoms with Crippen LogP contribution in [-0.2, 0) is 11.2 Å². The van der Waals surface area contributed by atoms with Crippen molar-refractivity contribution in [3.63, 3.8) is 0 Å². The van der Waals surface area contributed by atoms with Gasteiger partial charge in [0, 0.05) is 11.1 Å². The highest BCUT2D eigenvalue weighted by Gasteiger charge is 2.58. The van der Waals surface area contributed by atoms with Crippen LogP contribution in [0.15, 0.2) is 6.07 Å². The smallest absolute Gasteiger partial charge is 0.241 e. The van der Waals surface area contributed by atoms with Gasteiger partial charge in [-0.1, -0.05) is 13.0 Å². The van der Waals surface area contributed by atoms with Crippen molar-refractivity contribution in [3.8, 4) is 23.0 Å². The standard InChI is InChI=1S/C28H32N2O6/c1-8-16-19-20(25(34-7)14(4)26-27(19)36-11-35-26)23(31)22-21-18-13(3)24(33-6)12(2)9-15(18)10-17(29(21)5)28(32)30(16)22/h9,16-17,21-22H,8,10-11H2,1-7H3/t16-,17-,21?,22?/m0/s1. The van der Waals surface area contributed by atoms with Gasteiger partial charge in [-0.2, -0.15) is 0 Å². The number of likely N-dealkylation sites (N-methyl/N-ethyl adjacent to an activating group) is 1. The summed E-state index contributed by atoms with van der Waals surface area (Å²) in [6.07, 6.45) is 1.24. The lowest BCUT2D eigenvalue weighted by Crippen LogP contribution is -2.68. The molecule has 8 nitrogen and oxygen atoms in total. The van der Waals surface area contributed by atoms with Crippen LogP contribution in [0, 0.1) is 20.8 Å². The van der Waals surface area contributed by atoms with Crippen LogP contribution in [0.4, 0.5) is 0 Å². The predicted octanol–water partition coefficient (Wildman–Crippen LogP) is 3.81. The molecule has 0 radical (unpaired) electrons. The monoisotopic (exact) mass is 492 g/mol. The van der Waals surface area contributed by atoms with Gasteiger partial charge in [-0.25, -0.2) is 0 Å². The van der Waals surface area contributed by atoms with Gasteiger partial charge in [0.15, 0.2) is 17.3 Å². The minimum absolute atomic E-state index is 0.0198. The molecule has 0 saturated carbocycles. The average Bonchev–Trinajstić information content (AvgIpc) is 3.34. The lowest BCUT2D eigenvalue weighted by atomic mass is 9.72. The maximum Gasteiger partial charge on any atom is 0.241 e. The molecule has 1 amide bonds. The number of hydrogen-bond acceptors (Lipinski definition) is 7. The largest absolute Gasteiger partial charge is 0.496 e. The fraction of sp³-hybridized carbons (Fsp3) is 0.500. The van der Waals surface area contributed by atoms with E-state index in [2.05, 4.69) is 17.9 Å². The second-order valence-corrected chi connectivity index (χ2v) is 10.2. The molecule has 8 heteroatoms. The molecular formula is C28H32N2O6. The van der Waals surface area contributed by atoms with Crippen molar-refractivity contribution in [1.29, 1.82) is 0 Å². The number of aryl methyl sites for hydroxylation is 1. The first-order valence-electron chi connectivity index (χ1n) is 12.5. The fourth-order valence-corrected chi connectivity index (χ4v) is 7.22. The highest BCUT2D eigenvalue weighted by Crippen LogP contribution is 2.57. The lowest BCUT2D eigenvalue weighted by Gasteiger charge is -2.56. The molecule has 1 saturated heterocycles. The zero-order valence-electron chi connectivity index (χ0n) is 21.9. The van der Waals surface area contributed by atoms with Crippen LogP contribution in [0.25, 0.3) is 0 Å². The molecule has 4 aliphatic heterocycles. The molecule has 2 unspecified atom stereocenters. The average molecular weight is 493 g/mol. The Balaban J connectivity index is 1.65. The third kappa shape index (κ3) is 2.68. The maximum atomic E-state index is 14.5. The molecule has 2 bridgehead atoms. The van der Waals surface area contributed by atoms with Crippen LogP contribution < -0.4 is 18.9 Å². The van der Waals surface area contributed by atoms with Crippen LogP contribution in [0.2, 0.25) is 0 Å². The van der Waals surface area contributed by atoms with E-state index in [9.17, 15) is 9.59 Å². The molecule has 1 fully saturated rings. The van der Waals surface area contributed by atoms with E-state index in [1.807, 2.05) is 32.7 Å². The number of hydrogen-bond donors (Lipinski definition) is 0. The van der Waals surface area contributed by atoms with E-state index in [-0.39, 0.29) is 36.6 Å². The summed E-state index contributed by atoms with van der Waals surface area (Å²) in [5.41, 5.74) is 6.23. The highest BCUT2D eigenvalue weighted by atomic mass is 16.7. The van der Waals surface area contributed by atoms with Gasteiger partial charge in [-0.05, 0) is 62.9 Å². The van der Waals surface area contributed by atoms with E-state index < -0.39 is 6.04 Å². The van der Waals surface area contributed by atoms with E-state index in [1.54, 1.807) is 14.2 Å². The number of rotatable bonds is 3. The second-order valence-electron chi connectivity index (χ2n) is 10.2. The molecule has 36 heavy (non-hydrogen) atoms. The molecule has 6 rings (SSSR count). The zero-order chi connectivity index (χ0) is 25.6. The Labute approximate surface area is 211 Å². The number of piperazine rings is 1. The lowest BCUT2D eigenvalue weighted by molar-refractivity contribution is -0.153. The Morgan fingerprint density at radius 3 is 2.33 bits per heavy atom. The van der Waals surface area contributed by atoms with Crippen molar-refractivity contribution in [2.45, 2.75) is 64.7 Å². The number of ether oxygens (including phenoxy) is 4. The van der Waals surface area contributed by atoms with Crippen molar-refractivity contribution in [2.24, 2.45) is 0 Å². The zero-order valence-corrected chi connectivity index (χ0v) is 21.9. The number of amides is 1. The summed E-state index contributed by atoms with van der Waals surface area (Å²) in [6.45, 7) is 8.09. The second kappa shape index (κ2) is 7.87. The molecule has 2 aromatic rings. The maximum absolute atomic E-state index is 14.5. The summed E-state index contributed by atoms with van der Waals surface area (Å²) in [4.78, 5) is 32.6. The number of nitrogens with zero attached hydrogens (tertiary/aromatic N) is 2. The number of benzene rings is 2. The normalized spacial score (nSPS) is 25.9. The van der Waals surface area contributed by atoms with Crippen LogP contribution in [0.3, 0.4) is 0 Å². The quantitative estimate of drug-likeness (QED) is 0.645. The summed E-state index contributed by atoms with van der Waals surface area (Å²) >= 11 is 0. The highest BCUT2D eigenvalue weighted by molar-refractivity contribution is 6.10. The van der Waals surface area contributed by atoms with Crippen molar-refractivity contribution >= 4 is 11.7 Å². The Morgan fingerprint density at radius 1 is 0.972 bits per heavy atom. The van der Waals surface area contributed by atoms with E-state index >= 15 is 0 Å². The van der Waals surface area contributed by atoms with Gasteiger partial charge in [0.1, 0.15) is 17.5 Å². The van der Waals surface area contributed by atoms with Gasteiger partial charge in [-0.15, -0.1) is 0 Å². The third-order valence-electron chi connectivity index (χ3n) is 8.63. The molecule has 2 aromatic carbocycles. The van der Waals surface area contributed by atoms with Crippen LogP contribution in [0.1, 0.15) is 69.2 Å². The fourth-order valence-electron chi connectivity index (χ4n) is 7.22. The molecule has 0 aliphatic carbocycles. The molecular weight excluding hydrogens is 460 g/mol. The number of carbonyl (C=O) groups excluding carboxylic acids is 2. The number of fused-ring (bicyclic) bond motifs is 9. The Hall–Kier alpha value is -3.26. The third-order valence-corrected chi connectivity index (χ3v) is 8.63. The van der Waals surface area contributed by atoms with E-state index in [0.717, 1.165) is 33.6 Å². The molecule has 4 atom stereocenters. The number of ketones is 1. The van der Waals surface area contributed by atoms with Gasteiger partial charge in [0.2, 0.25) is 12.7 Å². The molecule has 190 valence electrons. The van der Waals surface area contributed by atoms with E-state index in [1.165, 1.54) is 0 Å². The number of Topliss-reactive ketones (excluding diaryl/α,β-unsaturated/α-hetero) is 1. The van der Waals surface area contributed by atoms with Crippen molar-refractivity contribution in [3.05, 3.63) is 45.0 Å². The van der Waals surface area contributed by atoms with Crippen LogP contribution in [-0.4, -0.2) is 61.6 Å². The molecule has 0 aromatic heterocycles. The summed E-state index contributed by atoms with van der Waals surface area (Å²) in [5.74, 6) is 2.35. The first kappa shape index (κ1) is 23.2. The minimum Gasteiger partial charge on any atom is -0.496 e. The van der Waals surface area contributed by atoms with Gasteiger partial charge in [0.05, 0.1) is 37.9 Å². The molecule has 4 heterocycles. The molecule has 4 aliphatic rings. The first-order chi connectivity index (χ1) is 17.3. The summed E-state index contributed by atoms with van der Waals surface area (Å²) in [6, 6.07) is 0.476. The summed E-state index contributed by atoms with van der Waals surface area (Å²) in [5, 5.41) is 0. The Kier molecular flexibility index (Phi) is 5.06. The Morgan fingerprint density at radius 2 is 1.67 bits per heavy atom. The summed E-state index contributed by atoms with van der Waals surface area (Å²) < 4.78 is 23.3. The number of methoxy groups -OCH3 is 2. The molecule has 0 N–H and O–H groups in total. The van der Waals surface area contributed by atoms with Gasteiger partial charge in [0.25, 0.3) is 0 Å². The number of carbonyl (C=O) groups is 2. The van der Waals surface area contributed by atoms with Gasteiger partial charge in [-0.3, -0.25) is 14.5 Å². The summed E-state index contributed by atoms with van der Waals surface area (Å²) in [7, 11) is 5.22.